The van der Waals surface area contributed by atoms with Crippen LogP contribution < -0.4 is 10.1 Å². The number of hydrogen-bond donors (Lipinski definition) is 1. The molecule has 17 heavy (non-hydrogen) atoms. The number of hydrogen-bond acceptors (Lipinski definition) is 2. The Morgan fingerprint density at radius 2 is 2.12 bits per heavy atom. The molecule has 1 rings (SSSR count). The zero-order valence-electron chi connectivity index (χ0n) is 10.9. The summed E-state index contributed by atoms with van der Waals surface area (Å²) < 4.78 is 6.89. The molecule has 0 spiro atoms. The fraction of sp³-hybridized carbons (Fsp3) is 0.571. The Morgan fingerprint density at radius 1 is 1.35 bits per heavy atom. The molecular weight excluding hydrogens is 278 g/mol. The summed E-state index contributed by atoms with van der Waals surface area (Å²) in [6, 6.07) is 6.17. The van der Waals surface area contributed by atoms with E-state index in [2.05, 4.69) is 48.1 Å². The van der Waals surface area contributed by atoms with Gasteiger partial charge in [0.1, 0.15) is 5.75 Å². The maximum absolute atomic E-state index is 5.80. The van der Waals surface area contributed by atoms with Gasteiger partial charge in [-0.3, -0.25) is 0 Å². The predicted molar refractivity (Wildman–Crippen MR) is 76.5 cm³/mol. The van der Waals surface area contributed by atoms with E-state index in [0.29, 0.717) is 0 Å². The third kappa shape index (κ3) is 5.55. The molecule has 0 unspecified atom stereocenters. The highest BCUT2D eigenvalue weighted by molar-refractivity contribution is 9.10. The third-order valence-electron chi connectivity index (χ3n) is 2.41. The molecule has 0 amide bonds. The van der Waals surface area contributed by atoms with Crippen molar-refractivity contribution in [2.75, 3.05) is 6.54 Å². The molecule has 0 aliphatic heterocycles. The second kappa shape index (κ2) is 7.72. The molecule has 0 saturated heterocycles. The molecule has 0 aromatic heterocycles. The second-order valence-electron chi connectivity index (χ2n) is 4.45. The molecule has 0 aliphatic rings. The van der Waals surface area contributed by atoms with Crippen molar-refractivity contribution in [2.24, 2.45) is 0 Å². The van der Waals surface area contributed by atoms with Gasteiger partial charge in [-0.1, -0.05) is 29.3 Å². The maximum Gasteiger partial charge on any atom is 0.124 e. The molecule has 3 heteroatoms. The summed E-state index contributed by atoms with van der Waals surface area (Å²) in [5.74, 6) is 0.979. The van der Waals surface area contributed by atoms with Crippen LogP contribution in [0.5, 0.6) is 5.75 Å². The van der Waals surface area contributed by atoms with E-state index in [4.69, 9.17) is 4.74 Å². The third-order valence-corrected chi connectivity index (χ3v) is 2.90. The van der Waals surface area contributed by atoms with Crippen LogP contribution in [-0.2, 0) is 6.54 Å². The first-order chi connectivity index (χ1) is 8.13. The zero-order valence-corrected chi connectivity index (χ0v) is 12.5. The summed E-state index contributed by atoms with van der Waals surface area (Å²) in [5.41, 5.74) is 1.21. The summed E-state index contributed by atoms with van der Waals surface area (Å²) in [6.45, 7) is 8.23. The van der Waals surface area contributed by atoms with Crippen LogP contribution in [-0.4, -0.2) is 12.6 Å². The van der Waals surface area contributed by atoms with Crippen molar-refractivity contribution in [3.63, 3.8) is 0 Å². The Morgan fingerprint density at radius 3 is 2.76 bits per heavy atom. The van der Waals surface area contributed by atoms with E-state index in [1.807, 2.05) is 12.1 Å². The Kier molecular flexibility index (Phi) is 6.60. The molecule has 0 saturated carbocycles. The smallest absolute Gasteiger partial charge is 0.124 e. The number of benzene rings is 1. The summed E-state index contributed by atoms with van der Waals surface area (Å²) in [5, 5.41) is 3.44. The zero-order chi connectivity index (χ0) is 12.7. The van der Waals surface area contributed by atoms with Gasteiger partial charge in [0, 0.05) is 16.6 Å². The van der Waals surface area contributed by atoms with Crippen LogP contribution in [0.25, 0.3) is 0 Å². The average Bonchev–Trinajstić information content (AvgIpc) is 2.27. The maximum atomic E-state index is 5.80. The minimum absolute atomic E-state index is 0.213. The van der Waals surface area contributed by atoms with Crippen LogP contribution in [0, 0.1) is 0 Å². The topological polar surface area (TPSA) is 21.3 Å². The quantitative estimate of drug-likeness (QED) is 0.765. The number of ether oxygens (including phenoxy) is 1. The van der Waals surface area contributed by atoms with Crippen molar-refractivity contribution < 1.29 is 4.74 Å². The molecule has 0 fully saturated rings. The van der Waals surface area contributed by atoms with Gasteiger partial charge in [0.2, 0.25) is 0 Å². The summed E-state index contributed by atoms with van der Waals surface area (Å²) in [7, 11) is 0. The fourth-order valence-electron chi connectivity index (χ4n) is 1.58. The first-order valence-corrected chi connectivity index (χ1v) is 7.08. The average molecular weight is 300 g/mol. The lowest BCUT2D eigenvalue weighted by Gasteiger charge is -2.15. The summed E-state index contributed by atoms with van der Waals surface area (Å²) in [4.78, 5) is 0. The molecule has 0 heterocycles. The second-order valence-corrected chi connectivity index (χ2v) is 5.36. The van der Waals surface area contributed by atoms with Crippen molar-refractivity contribution in [2.45, 2.75) is 46.3 Å². The molecule has 1 N–H and O–H groups in total. The number of nitrogens with one attached hydrogen (secondary N) is 1. The van der Waals surface area contributed by atoms with E-state index in [1.54, 1.807) is 0 Å². The van der Waals surface area contributed by atoms with Crippen LogP contribution in [0.3, 0.4) is 0 Å². The Hall–Kier alpha value is -0.540. The summed E-state index contributed by atoms with van der Waals surface area (Å²) >= 11 is 3.50. The Bertz CT molecular complexity index is 339. The SMILES string of the molecule is CCCCNCc1cc(Br)ccc1OC(C)C. The Balaban J connectivity index is 2.63. The van der Waals surface area contributed by atoms with Crippen molar-refractivity contribution in [3.8, 4) is 5.75 Å². The number of unbranched alkanes of at least 4 members (excludes halogenated alkanes) is 1. The van der Waals surface area contributed by atoms with Gasteiger partial charge in [0.25, 0.3) is 0 Å². The number of halogens is 1. The molecule has 0 aliphatic carbocycles. The largest absolute Gasteiger partial charge is 0.491 e. The molecule has 0 atom stereocenters. The standard InChI is InChI=1S/C14H22BrNO/c1-4-5-8-16-10-12-9-13(15)6-7-14(12)17-11(2)3/h6-7,9,11,16H,4-5,8,10H2,1-3H3. The van der Waals surface area contributed by atoms with E-state index < -0.39 is 0 Å². The highest BCUT2D eigenvalue weighted by atomic mass is 79.9. The normalized spacial score (nSPS) is 10.9. The van der Waals surface area contributed by atoms with Gasteiger partial charge in [-0.15, -0.1) is 0 Å². The van der Waals surface area contributed by atoms with Crippen LogP contribution in [0.4, 0.5) is 0 Å². The molecular formula is C14H22BrNO. The lowest BCUT2D eigenvalue weighted by molar-refractivity contribution is 0.239. The van der Waals surface area contributed by atoms with Gasteiger partial charge < -0.3 is 10.1 Å². The van der Waals surface area contributed by atoms with E-state index in [9.17, 15) is 0 Å². The molecule has 96 valence electrons. The van der Waals surface area contributed by atoms with E-state index in [-0.39, 0.29) is 6.10 Å². The molecule has 1 aromatic carbocycles. The van der Waals surface area contributed by atoms with Gasteiger partial charge >= 0.3 is 0 Å². The van der Waals surface area contributed by atoms with Gasteiger partial charge in [-0.2, -0.15) is 0 Å². The van der Waals surface area contributed by atoms with E-state index >= 15 is 0 Å². The minimum atomic E-state index is 0.213. The van der Waals surface area contributed by atoms with Gasteiger partial charge in [0.15, 0.2) is 0 Å². The lowest BCUT2D eigenvalue weighted by atomic mass is 10.2. The Labute approximate surface area is 113 Å². The molecule has 0 radical (unpaired) electrons. The lowest BCUT2D eigenvalue weighted by Crippen LogP contribution is -2.16. The first kappa shape index (κ1) is 14.5. The number of rotatable bonds is 7. The molecule has 0 bridgehead atoms. The van der Waals surface area contributed by atoms with Crippen LogP contribution in [0.2, 0.25) is 0 Å². The van der Waals surface area contributed by atoms with Crippen LogP contribution >= 0.6 is 15.9 Å². The van der Waals surface area contributed by atoms with Gasteiger partial charge in [0.05, 0.1) is 6.10 Å². The molecule has 1 aromatic rings. The van der Waals surface area contributed by atoms with E-state index in [0.717, 1.165) is 23.3 Å². The predicted octanol–water partition coefficient (Wildman–Crippen LogP) is 4.13. The van der Waals surface area contributed by atoms with Crippen molar-refractivity contribution in [3.05, 3.63) is 28.2 Å². The van der Waals surface area contributed by atoms with Crippen molar-refractivity contribution >= 4 is 15.9 Å². The monoisotopic (exact) mass is 299 g/mol. The minimum Gasteiger partial charge on any atom is -0.491 e. The van der Waals surface area contributed by atoms with Crippen LogP contribution in [0.15, 0.2) is 22.7 Å². The fourth-order valence-corrected chi connectivity index (χ4v) is 1.99. The molecule has 2 nitrogen and oxygen atoms in total. The van der Waals surface area contributed by atoms with Crippen molar-refractivity contribution in [1.29, 1.82) is 0 Å². The highest BCUT2D eigenvalue weighted by Crippen LogP contribution is 2.24. The van der Waals surface area contributed by atoms with Crippen molar-refractivity contribution in [1.82, 2.24) is 5.32 Å². The first-order valence-electron chi connectivity index (χ1n) is 6.29. The van der Waals surface area contributed by atoms with Gasteiger partial charge in [-0.05, 0) is 45.0 Å². The van der Waals surface area contributed by atoms with Gasteiger partial charge in [-0.25, -0.2) is 0 Å². The summed E-state index contributed by atoms with van der Waals surface area (Å²) in [6.07, 6.45) is 2.65. The van der Waals surface area contributed by atoms with E-state index in [1.165, 1.54) is 18.4 Å². The van der Waals surface area contributed by atoms with Crippen LogP contribution in [0.1, 0.15) is 39.2 Å². The highest BCUT2D eigenvalue weighted by Gasteiger charge is 2.06.